The second-order valence-corrected chi connectivity index (χ2v) is 37.4. The highest BCUT2D eigenvalue weighted by atomic mass is 32.1. The molecule has 0 radical (unpaired) electrons. The summed E-state index contributed by atoms with van der Waals surface area (Å²) in [6, 6.07) is 169. The van der Waals surface area contributed by atoms with Gasteiger partial charge in [-0.2, -0.15) is 26.2 Å². The molecule has 141 heavy (non-hydrogen) atoms. The predicted octanol–water partition coefficient (Wildman–Crippen LogP) is 33.7. The normalized spacial score (nSPS) is 11.8. The molecule has 9 aromatic heterocycles. The molecule has 9 heterocycles. The number of nitrogens with zero attached hydrogens (tertiary/aromatic N) is 12. The van der Waals surface area contributed by atoms with Crippen LogP contribution in [0.15, 0.2) is 473 Å². The fraction of sp³-hybridized carbons (Fsp3) is 0. The minimum absolute atomic E-state index is 0.915. The molecule has 15 heteroatoms. The first-order valence-corrected chi connectivity index (χ1v) is 49.5. The summed E-state index contributed by atoms with van der Waals surface area (Å²) in [5, 5.41) is 14.9. The van der Waals surface area contributed by atoms with Crippen LogP contribution in [-0.4, -0.2) is 53.6 Å². The van der Waals surface area contributed by atoms with Crippen LogP contribution >= 0.6 is 35.2 Å². The van der Waals surface area contributed by atoms with Crippen molar-refractivity contribution in [2.24, 2.45) is 0 Å². The molecule has 0 unspecified atom stereocenters. The van der Waals surface area contributed by atoms with Crippen molar-refractivity contribution < 1.29 is 0 Å². The molecular weight excluding hydrogens is 1780 g/mol. The molecule has 30 rings (SSSR count). The smallest absolute Gasteiger partial charge is 0.113 e. The molecule has 0 aliphatic rings. The van der Waals surface area contributed by atoms with Gasteiger partial charge in [0.25, 0.3) is 0 Å². The van der Waals surface area contributed by atoms with Gasteiger partial charge in [0, 0.05) is 132 Å². The van der Waals surface area contributed by atoms with Crippen molar-refractivity contribution in [3.63, 3.8) is 0 Å². The lowest BCUT2D eigenvalue weighted by Gasteiger charge is -2.16. The maximum Gasteiger partial charge on any atom is 0.113 e. The first kappa shape index (κ1) is 81.3. The maximum atomic E-state index is 4.94. The van der Waals surface area contributed by atoms with E-state index in [1.54, 1.807) is 0 Å². The van der Waals surface area contributed by atoms with Gasteiger partial charge in [0.1, 0.15) is 33.1 Å². The molecule has 0 amide bonds. The van der Waals surface area contributed by atoms with E-state index < -0.39 is 0 Å². The van der Waals surface area contributed by atoms with E-state index in [0.29, 0.717) is 0 Å². The van der Waals surface area contributed by atoms with Gasteiger partial charge >= 0.3 is 0 Å². The zero-order valence-electron chi connectivity index (χ0n) is 75.6. The minimum Gasteiger partial charge on any atom is -0.309 e. The first-order chi connectivity index (χ1) is 70.0. The average molecular weight is 1860 g/mol. The summed E-state index contributed by atoms with van der Waals surface area (Å²) in [4.78, 5) is 0. The number of hydrogen-bond donors (Lipinski definition) is 0. The van der Waals surface area contributed by atoms with E-state index in [0.717, 1.165) is 134 Å². The van der Waals surface area contributed by atoms with Crippen LogP contribution in [0.25, 0.3) is 265 Å². The summed E-state index contributed by atoms with van der Waals surface area (Å²) in [5.74, 6) is 0. The summed E-state index contributed by atoms with van der Waals surface area (Å²) in [6.07, 6.45) is 0. The Morgan fingerprint density at radius 2 is 0.305 bits per heavy atom. The quantitative estimate of drug-likeness (QED) is 0.121. The first-order valence-electron chi connectivity index (χ1n) is 47.3. The summed E-state index contributed by atoms with van der Waals surface area (Å²) in [6.45, 7) is 0. The summed E-state index contributed by atoms with van der Waals surface area (Å²) < 4.78 is 43.6. The van der Waals surface area contributed by atoms with E-state index in [-0.39, 0.29) is 0 Å². The number of aromatic nitrogens is 12. The molecule has 0 aliphatic carbocycles. The van der Waals surface area contributed by atoms with Gasteiger partial charge in [-0.3, -0.25) is 0 Å². The van der Waals surface area contributed by atoms with Crippen molar-refractivity contribution in [1.82, 2.24) is 53.6 Å². The molecule has 0 spiro atoms. The standard InChI is InChI=1S/3C42H26N4S/c1-7-19-35-27(13-1)28-14-2-8-20-36(28)45(35)39-23-11-5-17-31(39)33-25-26-34(42-41(33)43-47-44-42)32-18-6-12-24-40(32)46-37-21-9-3-15-29(37)30-16-4-10-22-38(30)46;1-3-11-29(12-4-1)45-37-17-9-7-15-33(37)35-25-27(19-23-39(35)45)31-21-22-32(42-41(31)43-47-44-42)28-20-24-40-36(26-28)34-16-8-10-18-38(34)46(40)30-13-5-2-6-14-30;1-2-12-28(13-3-1)45-36-18-8-7-17-33(36)35-26-27(22-25-40(35)45)29-23-24-34(42-41(29)43-47-44-42)32-16-6-11-21-39(32)46-37-19-9-4-14-30(37)31-15-5-10-20-38(31)46/h3*1-26H. The van der Waals surface area contributed by atoms with Gasteiger partial charge in [-0.05, 0) is 162 Å². The SMILES string of the molecule is c1ccc(-n2c3ccccc3c3cc(-c4ccc(-c5ccc6c(c5)c5ccccc5n6-c5ccccc5)c5nsnc45)ccc32)cc1.c1ccc(-n2c3ccccc3c3cc(-c4ccc(-c5ccccc5-n5c6ccccc6c6ccccc65)c5nsnc45)ccc32)cc1.c1ccc(-n2c3ccccc3c3ccccc32)c(-c2ccc(-c3ccccc3-n3c4ccccc4c4ccccc43)c3nsnc23)c1. The van der Waals surface area contributed by atoms with Crippen molar-refractivity contribution >= 4 is 199 Å². The third kappa shape index (κ3) is 13.1. The van der Waals surface area contributed by atoms with Gasteiger partial charge in [-0.1, -0.05) is 328 Å². The summed E-state index contributed by atoms with van der Waals surface area (Å²) in [7, 11) is 0. The molecule has 0 aliphatic heterocycles. The minimum atomic E-state index is 0.915. The summed E-state index contributed by atoms with van der Waals surface area (Å²) >= 11 is 3.83. The highest BCUT2D eigenvalue weighted by molar-refractivity contribution is 7.00. The molecule has 0 fully saturated rings. The highest BCUT2D eigenvalue weighted by Gasteiger charge is 2.27. The Labute approximate surface area is 820 Å². The topological polar surface area (TPSA) is 107 Å². The lowest BCUT2D eigenvalue weighted by molar-refractivity contribution is 1.18. The van der Waals surface area contributed by atoms with Crippen LogP contribution in [0.1, 0.15) is 0 Å². The molecule has 12 nitrogen and oxygen atoms in total. The van der Waals surface area contributed by atoms with E-state index in [1.807, 2.05) is 0 Å². The van der Waals surface area contributed by atoms with Crippen LogP contribution in [0.2, 0.25) is 0 Å². The maximum absolute atomic E-state index is 4.94. The number of fused-ring (bicyclic) bond motifs is 21. The largest absolute Gasteiger partial charge is 0.309 e. The van der Waals surface area contributed by atoms with Crippen molar-refractivity contribution in [1.29, 1.82) is 0 Å². The average Bonchev–Trinajstić information content (AvgIpc) is 1.61. The summed E-state index contributed by atoms with van der Waals surface area (Å²) in [5.41, 5.74) is 40.0. The Morgan fingerprint density at radius 3 is 0.546 bits per heavy atom. The van der Waals surface area contributed by atoms with Crippen LogP contribution in [0.4, 0.5) is 0 Å². The molecule has 0 saturated carbocycles. The Morgan fingerprint density at radius 1 is 0.128 bits per heavy atom. The third-order valence-corrected chi connectivity index (χ3v) is 29.9. The van der Waals surface area contributed by atoms with E-state index in [2.05, 4.69) is 501 Å². The second-order valence-electron chi connectivity index (χ2n) is 35.8. The zero-order chi connectivity index (χ0) is 92.7. The lowest BCUT2D eigenvalue weighted by Crippen LogP contribution is -1.99. The van der Waals surface area contributed by atoms with Crippen LogP contribution < -0.4 is 0 Å². The Hall–Kier alpha value is -18.1. The molecule has 21 aromatic carbocycles. The third-order valence-electron chi connectivity index (χ3n) is 28.3. The molecule has 30 aromatic rings. The fourth-order valence-electron chi connectivity index (χ4n) is 22.2. The van der Waals surface area contributed by atoms with Crippen LogP contribution in [-0.2, 0) is 0 Å². The molecule has 0 atom stereocenters. The van der Waals surface area contributed by atoms with E-state index >= 15 is 0 Å². The molecule has 660 valence electrons. The number of benzene rings is 21. The number of rotatable bonds is 12. The van der Waals surface area contributed by atoms with Gasteiger partial charge in [0.15, 0.2) is 0 Å². The molecule has 0 saturated heterocycles. The Balaban J connectivity index is 0.000000104. The van der Waals surface area contributed by atoms with E-state index in [1.165, 1.54) is 166 Å². The van der Waals surface area contributed by atoms with Gasteiger partial charge in [0.2, 0.25) is 0 Å². The van der Waals surface area contributed by atoms with Crippen molar-refractivity contribution in [3.05, 3.63) is 473 Å². The fourth-order valence-corrected chi connectivity index (χ4v) is 23.9. The monoisotopic (exact) mass is 1850 g/mol. The van der Waals surface area contributed by atoms with Crippen molar-refractivity contribution in [2.45, 2.75) is 0 Å². The van der Waals surface area contributed by atoms with Gasteiger partial charge in [-0.25, -0.2) is 0 Å². The van der Waals surface area contributed by atoms with Gasteiger partial charge in [-0.15, -0.1) is 0 Å². The Kier molecular flexibility index (Phi) is 19.3. The Bertz CT molecular complexity index is 9710. The van der Waals surface area contributed by atoms with Crippen LogP contribution in [0, 0.1) is 0 Å². The van der Waals surface area contributed by atoms with E-state index in [4.69, 9.17) is 26.2 Å². The van der Waals surface area contributed by atoms with Crippen LogP contribution in [0.3, 0.4) is 0 Å². The lowest BCUT2D eigenvalue weighted by atomic mass is 9.95. The van der Waals surface area contributed by atoms with Crippen molar-refractivity contribution in [2.75, 3.05) is 0 Å². The van der Waals surface area contributed by atoms with Crippen LogP contribution in [0.5, 0.6) is 0 Å². The van der Waals surface area contributed by atoms with Gasteiger partial charge < -0.3 is 27.4 Å². The van der Waals surface area contributed by atoms with Gasteiger partial charge in [0.05, 0.1) is 118 Å². The van der Waals surface area contributed by atoms with E-state index in [9.17, 15) is 0 Å². The number of hydrogen-bond acceptors (Lipinski definition) is 9. The zero-order valence-corrected chi connectivity index (χ0v) is 78.1. The molecule has 0 N–H and O–H groups in total. The highest BCUT2D eigenvalue weighted by Crippen LogP contribution is 2.49. The molecular formula is C126H78N12S3. The number of para-hydroxylation sites is 15. The predicted molar refractivity (Wildman–Crippen MR) is 591 cm³/mol. The second kappa shape index (κ2) is 33.4. The van der Waals surface area contributed by atoms with Crippen molar-refractivity contribution in [3.8, 4) is 101 Å². The molecule has 0 bridgehead atoms.